The highest BCUT2D eigenvalue weighted by molar-refractivity contribution is 6.31. The lowest BCUT2D eigenvalue weighted by Crippen LogP contribution is -2.13. The molecule has 0 aromatic heterocycles. The Morgan fingerprint density at radius 2 is 1.92 bits per heavy atom. The molecule has 0 atom stereocenters. The van der Waals surface area contributed by atoms with Crippen molar-refractivity contribution in [3.63, 3.8) is 0 Å². The van der Waals surface area contributed by atoms with Crippen LogP contribution < -0.4 is 14.8 Å². The van der Waals surface area contributed by atoms with Crippen LogP contribution in [-0.2, 0) is 0 Å². The topological polar surface area (TPSA) is 47.6 Å². The molecule has 0 aliphatic heterocycles. The third-order valence-corrected chi connectivity index (χ3v) is 4.02. The van der Waals surface area contributed by atoms with E-state index in [1.807, 2.05) is 6.92 Å². The van der Waals surface area contributed by atoms with Crippen molar-refractivity contribution in [1.29, 1.82) is 0 Å². The SMILES string of the molecule is CCCCOc1ccc(C(=O)Nc2cc(C)c(Cl)cc2OC)cc1. The van der Waals surface area contributed by atoms with Gasteiger partial charge in [0.1, 0.15) is 11.5 Å². The van der Waals surface area contributed by atoms with Gasteiger partial charge in [-0.25, -0.2) is 0 Å². The third-order valence-electron chi connectivity index (χ3n) is 3.61. The predicted molar refractivity (Wildman–Crippen MR) is 97.5 cm³/mol. The van der Waals surface area contributed by atoms with Gasteiger partial charge >= 0.3 is 0 Å². The molecule has 2 aromatic rings. The number of unbranched alkanes of at least 4 members (excludes halogenated alkanes) is 1. The summed E-state index contributed by atoms with van der Waals surface area (Å²) in [6.07, 6.45) is 2.10. The predicted octanol–water partition coefficient (Wildman–Crippen LogP) is 5.09. The zero-order chi connectivity index (χ0) is 17.5. The lowest BCUT2D eigenvalue weighted by molar-refractivity contribution is 0.102. The summed E-state index contributed by atoms with van der Waals surface area (Å²) in [5.74, 6) is 1.08. The van der Waals surface area contributed by atoms with E-state index in [1.165, 1.54) is 0 Å². The summed E-state index contributed by atoms with van der Waals surface area (Å²) in [4.78, 5) is 12.4. The second-order valence-electron chi connectivity index (χ2n) is 5.48. The van der Waals surface area contributed by atoms with Crippen molar-refractivity contribution in [1.82, 2.24) is 0 Å². The molecule has 2 rings (SSSR count). The molecule has 2 aromatic carbocycles. The molecule has 1 amide bonds. The first kappa shape index (κ1) is 18.1. The van der Waals surface area contributed by atoms with E-state index in [0.717, 1.165) is 24.2 Å². The molecule has 1 N–H and O–H groups in total. The molecule has 0 bridgehead atoms. The van der Waals surface area contributed by atoms with Crippen LogP contribution in [0.5, 0.6) is 11.5 Å². The summed E-state index contributed by atoms with van der Waals surface area (Å²) in [6.45, 7) is 4.67. The van der Waals surface area contributed by atoms with E-state index in [9.17, 15) is 4.79 Å². The van der Waals surface area contributed by atoms with Crippen molar-refractivity contribution in [2.75, 3.05) is 19.0 Å². The molecule has 24 heavy (non-hydrogen) atoms. The summed E-state index contributed by atoms with van der Waals surface area (Å²) in [5.41, 5.74) is 2.01. The number of benzene rings is 2. The summed E-state index contributed by atoms with van der Waals surface area (Å²) >= 11 is 6.08. The highest BCUT2D eigenvalue weighted by Gasteiger charge is 2.12. The van der Waals surface area contributed by atoms with Crippen molar-refractivity contribution in [3.05, 3.63) is 52.5 Å². The number of halogens is 1. The number of carbonyl (C=O) groups is 1. The van der Waals surface area contributed by atoms with E-state index >= 15 is 0 Å². The Morgan fingerprint density at radius 3 is 2.54 bits per heavy atom. The van der Waals surface area contributed by atoms with Gasteiger partial charge in [-0.2, -0.15) is 0 Å². The van der Waals surface area contributed by atoms with Crippen LogP contribution >= 0.6 is 11.6 Å². The highest BCUT2D eigenvalue weighted by Crippen LogP contribution is 2.31. The monoisotopic (exact) mass is 347 g/mol. The molecule has 4 nitrogen and oxygen atoms in total. The van der Waals surface area contributed by atoms with Crippen LogP contribution in [0, 0.1) is 6.92 Å². The molecule has 128 valence electrons. The molecule has 0 unspecified atom stereocenters. The standard InChI is InChI=1S/C19H22ClNO3/c1-4-5-10-24-15-8-6-14(7-9-15)19(22)21-17-11-13(2)16(20)12-18(17)23-3/h6-9,11-12H,4-5,10H2,1-3H3,(H,21,22). The number of amides is 1. The molecular weight excluding hydrogens is 326 g/mol. The van der Waals surface area contributed by atoms with Gasteiger partial charge in [0.15, 0.2) is 0 Å². The molecule has 5 heteroatoms. The molecule has 0 fully saturated rings. The Balaban J connectivity index is 2.08. The van der Waals surface area contributed by atoms with Crippen molar-refractivity contribution in [3.8, 4) is 11.5 Å². The smallest absolute Gasteiger partial charge is 0.255 e. The Hall–Kier alpha value is -2.20. The normalized spacial score (nSPS) is 10.3. The van der Waals surface area contributed by atoms with E-state index in [2.05, 4.69) is 12.2 Å². The Labute approximate surface area is 147 Å². The summed E-state index contributed by atoms with van der Waals surface area (Å²) in [5, 5.41) is 3.45. The number of ether oxygens (including phenoxy) is 2. The number of methoxy groups -OCH3 is 1. The van der Waals surface area contributed by atoms with Crippen LogP contribution in [0.4, 0.5) is 5.69 Å². The largest absolute Gasteiger partial charge is 0.495 e. The van der Waals surface area contributed by atoms with E-state index < -0.39 is 0 Å². The van der Waals surface area contributed by atoms with Gasteiger partial charge in [-0.15, -0.1) is 0 Å². The van der Waals surface area contributed by atoms with Gasteiger partial charge in [0.2, 0.25) is 0 Å². The molecule has 0 radical (unpaired) electrons. The van der Waals surface area contributed by atoms with E-state index in [4.69, 9.17) is 21.1 Å². The fourth-order valence-corrected chi connectivity index (χ4v) is 2.31. The molecule has 0 saturated carbocycles. The molecule has 0 aliphatic carbocycles. The number of rotatable bonds is 7. The quantitative estimate of drug-likeness (QED) is 0.710. The minimum atomic E-state index is -0.213. The van der Waals surface area contributed by atoms with Gasteiger partial charge < -0.3 is 14.8 Å². The van der Waals surface area contributed by atoms with Gasteiger partial charge in [0.05, 0.1) is 19.4 Å². The first-order chi connectivity index (χ1) is 11.5. The van der Waals surface area contributed by atoms with Crippen LogP contribution in [0.15, 0.2) is 36.4 Å². The zero-order valence-electron chi connectivity index (χ0n) is 14.2. The fraction of sp³-hybridized carbons (Fsp3) is 0.316. The minimum Gasteiger partial charge on any atom is -0.495 e. The highest BCUT2D eigenvalue weighted by atomic mass is 35.5. The molecule has 0 heterocycles. The number of nitrogens with one attached hydrogen (secondary N) is 1. The Kier molecular flexibility index (Phi) is 6.50. The van der Waals surface area contributed by atoms with Crippen LogP contribution in [0.1, 0.15) is 35.7 Å². The number of aryl methyl sites for hydroxylation is 1. The van der Waals surface area contributed by atoms with Crippen molar-refractivity contribution in [2.45, 2.75) is 26.7 Å². The maximum absolute atomic E-state index is 12.4. The average molecular weight is 348 g/mol. The van der Waals surface area contributed by atoms with E-state index in [1.54, 1.807) is 43.5 Å². The maximum atomic E-state index is 12.4. The zero-order valence-corrected chi connectivity index (χ0v) is 14.9. The van der Waals surface area contributed by atoms with E-state index in [-0.39, 0.29) is 5.91 Å². The van der Waals surface area contributed by atoms with Gasteiger partial charge in [0.25, 0.3) is 5.91 Å². The second kappa shape index (κ2) is 8.60. The molecular formula is C19H22ClNO3. The third kappa shape index (κ3) is 4.65. The van der Waals surface area contributed by atoms with E-state index in [0.29, 0.717) is 28.6 Å². The van der Waals surface area contributed by atoms with Crippen molar-refractivity contribution >= 4 is 23.2 Å². The lowest BCUT2D eigenvalue weighted by atomic mass is 10.1. The van der Waals surface area contributed by atoms with Crippen LogP contribution in [0.25, 0.3) is 0 Å². The molecule has 0 spiro atoms. The van der Waals surface area contributed by atoms with Crippen molar-refractivity contribution in [2.24, 2.45) is 0 Å². The van der Waals surface area contributed by atoms with Gasteiger partial charge in [0, 0.05) is 16.7 Å². The van der Waals surface area contributed by atoms with Gasteiger partial charge in [-0.1, -0.05) is 24.9 Å². The minimum absolute atomic E-state index is 0.213. The van der Waals surface area contributed by atoms with Gasteiger partial charge in [-0.05, 0) is 49.2 Å². The number of anilines is 1. The van der Waals surface area contributed by atoms with Crippen LogP contribution in [0.2, 0.25) is 5.02 Å². The molecule has 0 aliphatic rings. The number of carbonyl (C=O) groups excluding carboxylic acids is 1. The summed E-state index contributed by atoms with van der Waals surface area (Å²) < 4.78 is 10.9. The number of hydrogen-bond donors (Lipinski definition) is 1. The summed E-state index contributed by atoms with van der Waals surface area (Å²) in [6, 6.07) is 10.6. The van der Waals surface area contributed by atoms with Crippen LogP contribution in [-0.4, -0.2) is 19.6 Å². The first-order valence-corrected chi connectivity index (χ1v) is 8.31. The number of hydrogen-bond acceptors (Lipinski definition) is 3. The average Bonchev–Trinajstić information content (AvgIpc) is 2.58. The summed E-state index contributed by atoms with van der Waals surface area (Å²) in [7, 11) is 1.54. The Bertz CT molecular complexity index is 699. The maximum Gasteiger partial charge on any atom is 0.255 e. The van der Waals surface area contributed by atoms with Gasteiger partial charge in [-0.3, -0.25) is 4.79 Å². The fourth-order valence-electron chi connectivity index (χ4n) is 2.16. The van der Waals surface area contributed by atoms with Crippen LogP contribution in [0.3, 0.4) is 0 Å². The second-order valence-corrected chi connectivity index (χ2v) is 5.89. The van der Waals surface area contributed by atoms with Crippen molar-refractivity contribution < 1.29 is 14.3 Å². The first-order valence-electron chi connectivity index (χ1n) is 7.93. The Morgan fingerprint density at radius 1 is 1.21 bits per heavy atom. The lowest BCUT2D eigenvalue weighted by Gasteiger charge is -2.12. The molecule has 0 saturated heterocycles.